The van der Waals surface area contributed by atoms with E-state index in [0.717, 1.165) is 0 Å². The second-order valence-electron chi connectivity index (χ2n) is 4.38. The van der Waals surface area contributed by atoms with Gasteiger partial charge in [-0.15, -0.1) is 6.42 Å². The molecule has 5 heteroatoms. The number of hydrogen-bond donors (Lipinski definition) is 1. The molecule has 1 fully saturated rings. The van der Waals surface area contributed by atoms with Crippen molar-refractivity contribution in [3.63, 3.8) is 0 Å². The molecule has 1 atom stereocenters. The lowest BCUT2D eigenvalue weighted by Crippen LogP contribution is -2.31. The summed E-state index contributed by atoms with van der Waals surface area (Å²) in [4.78, 5) is 13.5. The van der Waals surface area contributed by atoms with Crippen LogP contribution in [0.15, 0.2) is 18.2 Å². The highest BCUT2D eigenvalue weighted by molar-refractivity contribution is 5.87. The number of nitrogens with one attached hydrogen (secondary N) is 1. The predicted molar refractivity (Wildman–Crippen MR) is 70.4 cm³/mol. The largest absolute Gasteiger partial charge is 0.479 e. The van der Waals surface area contributed by atoms with Crippen LogP contribution in [0.5, 0.6) is 5.75 Å². The van der Waals surface area contributed by atoms with Crippen molar-refractivity contribution >= 4 is 11.6 Å². The van der Waals surface area contributed by atoms with E-state index in [1.165, 1.54) is 12.1 Å². The second kappa shape index (κ2) is 5.61. The zero-order chi connectivity index (χ0) is 13.8. The summed E-state index contributed by atoms with van der Waals surface area (Å²) in [6.07, 6.45) is 5.83. The topological polar surface area (TPSA) is 41.6 Å². The Balaban J connectivity index is 2.15. The van der Waals surface area contributed by atoms with Gasteiger partial charge in [0.1, 0.15) is 24.2 Å². The number of carbonyl (C=O) groups excluding carboxylic acids is 1. The molecular formula is C14H15FN2O2. The van der Waals surface area contributed by atoms with Crippen LogP contribution in [0.3, 0.4) is 0 Å². The summed E-state index contributed by atoms with van der Waals surface area (Å²) < 4.78 is 18.5. The highest BCUT2D eigenvalue weighted by Crippen LogP contribution is 2.27. The van der Waals surface area contributed by atoms with Gasteiger partial charge in [0.25, 0.3) is 0 Å². The number of benzene rings is 1. The van der Waals surface area contributed by atoms with Crippen LogP contribution in [0.25, 0.3) is 0 Å². The summed E-state index contributed by atoms with van der Waals surface area (Å²) in [6.45, 7) is 0.759. The van der Waals surface area contributed by atoms with Crippen molar-refractivity contribution < 1.29 is 13.9 Å². The van der Waals surface area contributed by atoms with Gasteiger partial charge in [0.05, 0.1) is 5.69 Å². The van der Waals surface area contributed by atoms with Gasteiger partial charge >= 0.3 is 0 Å². The minimum absolute atomic E-state index is 0.0206. The molecule has 1 aromatic carbocycles. The van der Waals surface area contributed by atoms with E-state index in [1.807, 2.05) is 0 Å². The number of nitrogens with zero attached hydrogens (tertiary/aromatic N) is 1. The van der Waals surface area contributed by atoms with E-state index in [2.05, 4.69) is 11.2 Å². The van der Waals surface area contributed by atoms with Gasteiger partial charge in [-0.2, -0.15) is 0 Å². The normalized spacial score (nSPS) is 18.3. The standard InChI is InChI=1S/C14H15FN2O2/c1-3-8-19-13-9-10(15)4-5-11(13)16-12-6-7-17(2)14(12)18/h1,4-5,9,12,16H,6-8H2,2H3/t12-/m1/s1. The third-order valence-corrected chi connectivity index (χ3v) is 3.01. The number of ether oxygens (including phenoxy) is 1. The molecular weight excluding hydrogens is 247 g/mol. The van der Waals surface area contributed by atoms with Gasteiger partial charge in [-0.05, 0) is 18.6 Å². The number of halogens is 1. The first-order chi connectivity index (χ1) is 9.11. The molecule has 0 radical (unpaired) electrons. The molecule has 0 aliphatic carbocycles. The van der Waals surface area contributed by atoms with Gasteiger partial charge in [-0.25, -0.2) is 4.39 Å². The Hall–Kier alpha value is -2.22. The number of carbonyl (C=O) groups is 1. The lowest BCUT2D eigenvalue weighted by Gasteiger charge is -2.16. The Morgan fingerprint density at radius 2 is 2.42 bits per heavy atom. The van der Waals surface area contributed by atoms with Gasteiger partial charge in [0.15, 0.2) is 0 Å². The summed E-state index contributed by atoms with van der Waals surface area (Å²) in [6, 6.07) is 3.81. The first-order valence-corrected chi connectivity index (χ1v) is 5.99. The minimum Gasteiger partial charge on any atom is -0.479 e. The van der Waals surface area contributed by atoms with Crippen LogP contribution in [0.4, 0.5) is 10.1 Å². The number of anilines is 1. The van der Waals surface area contributed by atoms with E-state index in [-0.39, 0.29) is 18.6 Å². The Bertz CT molecular complexity index is 525. The summed E-state index contributed by atoms with van der Waals surface area (Å²) in [5, 5.41) is 3.07. The van der Waals surface area contributed by atoms with Gasteiger partial charge in [-0.3, -0.25) is 4.79 Å². The molecule has 1 saturated heterocycles. The average molecular weight is 262 g/mol. The molecule has 1 aromatic rings. The van der Waals surface area contributed by atoms with Crippen molar-refractivity contribution in [3.8, 4) is 18.1 Å². The molecule has 0 saturated carbocycles. The van der Waals surface area contributed by atoms with Crippen LogP contribution < -0.4 is 10.1 Å². The van der Waals surface area contributed by atoms with Crippen LogP contribution in [0.1, 0.15) is 6.42 Å². The fourth-order valence-electron chi connectivity index (χ4n) is 2.00. The van der Waals surface area contributed by atoms with Crippen LogP contribution in [0.2, 0.25) is 0 Å². The quantitative estimate of drug-likeness (QED) is 0.836. The van der Waals surface area contributed by atoms with Crippen molar-refractivity contribution in [2.75, 3.05) is 25.5 Å². The lowest BCUT2D eigenvalue weighted by atomic mass is 10.2. The fourth-order valence-corrected chi connectivity index (χ4v) is 2.00. The Kier molecular flexibility index (Phi) is 3.91. The lowest BCUT2D eigenvalue weighted by molar-refractivity contribution is -0.127. The number of amides is 1. The summed E-state index contributed by atoms with van der Waals surface area (Å²) in [7, 11) is 1.75. The van der Waals surface area contributed by atoms with Crippen molar-refractivity contribution in [2.24, 2.45) is 0 Å². The molecule has 0 aromatic heterocycles. The summed E-state index contributed by atoms with van der Waals surface area (Å²) >= 11 is 0. The summed E-state index contributed by atoms with van der Waals surface area (Å²) in [5.41, 5.74) is 0.574. The van der Waals surface area contributed by atoms with E-state index in [0.29, 0.717) is 24.4 Å². The number of rotatable bonds is 4. The molecule has 1 aliphatic rings. The maximum Gasteiger partial charge on any atom is 0.244 e. The van der Waals surface area contributed by atoms with Crippen LogP contribution in [0, 0.1) is 18.2 Å². The highest BCUT2D eigenvalue weighted by Gasteiger charge is 2.29. The maximum atomic E-state index is 13.2. The van der Waals surface area contributed by atoms with E-state index in [4.69, 9.17) is 11.2 Å². The zero-order valence-electron chi connectivity index (χ0n) is 10.6. The van der Waals surface area contributed by atoms with Crippen molar-refractivity contribution in [1.82, 2.24) is 4.90 Å². The first kappa shape index (κ1) is 13.2. The van der Waals surface area contributed by atoms with E-state index >= 15 is 0 Å². The minimum atomic E-state index is -0.410. The third kappa shape index (κ3) is 2.97. The van der Waals surface area contributed by atoms with E-state index in [1.54, 1.807) is 18.0 Å². The third-order valence-electron chi connectivity index (χ3n) is 3.01. The number of likely N-dealkylation sites (tertiary alicyclic amines) is 1. The maximum absolute atomic E-state index is 13.2. The van der Waals surface area contributed by atoms with Crippen LogP contribution in [-0.2, 0) is 4.79 Å². The monoisotopic (exact) mass is 262 g/mol. The van der Waals surface area contributed by atoms with Crippen molar-refractivity contribution in [1.29, 1.82) is 0 Å². The molecule has 19 heavy (non-hydrogen) atoms. The zero-order valence-corrected chi connectivity index (χ0v) is 10.6. The molecule has 0 spiro atoms. The number of likely N-dealkylation sites (N-methyl/N-ethyl adjacent to an activating group) is 1. The highest BCUT2D eigenvalue weighted by atomic mass is 19.1. The van der Waals surface area contributed by atoms with Gasteiger partial charge in [0.2, 0.25) is 5.91 Å². The molecule has 100 valence electrons. The molecule has 1 aliphatic heterocycles. The molecule has 1 amide bonds. The van der Waals surface area contributed by atoms with Gasteiger partial charge < -0.3 is 15.0 Å². The number of hydrogen-bond acceptors (Lipinski definition) is 3. The van der Waals surface area contributed by atoms with Crippen LogP contribution in [-0.4, -0.2) is 37.0 Å². The Labute approximate surface area is 111 Å². The first-order valence-electron chi connectivity index (χ1n) is 5.99. The SMILES string of the molecule is C#CCOc1cc(F)ccc1N[C@@H]1CCN(C)C1=O. The average Bonchev–Trinajstić information content (AvgIpc) is 2.71. The Morgan fingerprint density at radius 3 is 3.05 bits per heavy atom. The second-order valence-corrected chi connectivity index (χ2v) is 4.38. The fraction of sp³-hybridized carbons (Fsp3) is 0.357. The van der Waals surface area contributed by atoms with Gasteiger partial charge in [0, 0.05) is 19.7 Å². The summed E-state index contributed by atoms with van der Waals surface area (Å²) in [5.74, 6) is 2.26. The molecule has 1 heterocycles. The van der Waals surface area contributed by atoms with Gasteiger partial charge in [-0.1, -0.05) is 5.92 Å². The predicted octanol–water partition coefficient (Wildman–Crippen LogP) is 1.48. The molecule has 2 rings (SSSR count). The molecule has 4 nitrogen and oxygen atoms in total. The molecule has 0 bridgehead atoms. The van der Waals surface area contributed by atoms with Crippen molar-refractivity contribution in [2.45, 2.75) is 12.5 Å². The van der Waals surface area contributed by atoms with Crippen LogP contribution >= 0.6 is 0 Å². The van der Waals surface area contributed by atoms with Crippen molar-refractivity contribution in [3.05, 3.63) is 24.0 Å². The smallest absolute Gasteiger partial charge is 0.244 e. The Morgan fingerprint density at radius 1 is 1.63 bits per heavy atom. The number of terminal acetylenes is 1. The van der Waals surface area contributed by atoms with E-state index < -0.39 is 5.82 Å². The molecule has 0 unspecified atom stereocenters. The molecule has 1 N–H and O–H groups in total. The van der Waals surface area contributed by atoms with E-state index in [9.17, 15) is 9.18 Å².